The molecule has 0 saturated carbocycles. The van der Waals surface area contributed by atoms with Crippen LogP contribution < -0.4 is 10.2 Å². The van der Waals surface area contributed by atoms with E-state index in [1.54, 1.807) is 0 Å². The van der Waals surface area contributed by atoms with Gasteiger partial charge in [0.15, 0.2) is 0 Å². The Morgan fingerprint density at radius 3 is 2.48 bits per heavy atom. The van der Waals surface area contributed by atoms with E-state index in [0.29, 0.717) is 5.75 Å². The lowest BCUT2D eigenvalue weighted by Crippen LogP contribution is -2.46. The van der Waals surface area contributed by atoms with Crippen molar-refractivity contribution in [3.05, 3.63) is 29.8 Å². The van der Waals surface area contributed by atoms with E-state index in [1.807, 2.05) is 0 Å². The van der Waals surface area contributed by atoms with Crippen molar-refractivity contribution in [1.82, 2.24) is 5.43 Å². The molecule has 1 saturated heterocycles. The molecule has 3 rings (SSSR count). The number of aliphatic imine (C=N–C) groups is 1. The quantitative estimate of drug-likeness (QED) is 0.848. The van der Waals surface area contributed by atoms with Crippen LogP contribution in [-0.2, 0) is 10.3 Å². The molecule has 0 amide bonds. The van der Waals surface area contributed by atoms with Crippen LogP contribution in [-0.4, -0.2) is 38.0 Å². The first-order valence-corrected chi connectivity index (χ1v) is 6.10. The second-order valence-electron chi connectivity index (χ2n) is 4.67. The molecular weight excluding hydrogens is 287 g/mol. The summed E-state index contributed by atoms with van der Waals surface area (Å²) in [6, 6.07) is 5.57. The van der Waals surface area contributed by atoms with Crippen LogP contribution in [0.25, 0.3) is 0 Å². The highest BCUT2D eigenvalue weighted by atomic mass is 19.4. The molecule has 2 unspecified atom stereocenters. The number of nitrogens with zero attached hydrogens (tertiary/aromatic N) is 2. The van der Waals surface area contributed by atoms with Gasteiger partial charge in [-0.05, 0) is 17.7 Å². The van der Waals surface area contributed by atoms with Gasteiger partial charge in [0.1, 0.15) is 11.5 Å². The summed E-state index contributed by atoms with van der Waals surface area (Å²) in [5.74, 6) is 0.464. The minimum absolute atomic E-state index is 0.0325. The predicted octanol–water partition coefficient (Wildman–Crippen LogP) is 1.84. The number of rotatable bonds is 2. The number of hydrogen-bond acceptors (Lipinski definition) is 5. The second-order valence-corrected chi connectivity index (χ2v) is 4.67. The van der Waals surface area contributed by atoms with Crippen molar-refractivity contribution in [1.29, 1.82) is 0 Å². The number of alkyl halides is 3. The molecule has 2 aliphatic rings. The van der Waals surface area contributed by atoms with Crippen LogP contribution in [0.3, 0.4) is 0 Å². The SMILES string of the molecule is CN=C1C=NNC12OC2(c1ccc(OC)cc1)C(F)(F)F. The molecular formula is C13H12F3N3O2. The molecule has 0 aromatic heterocycles. The number of nitrogens with one attached hydrogen (secondary N) is 1. The molecule has 1 aromatic rings. The Morgan fingerprint density at radius 1 is 1.29 bits per heavy atom. The van der Waals surface area contributed by atoms with Crippen LogP contribution >= 0.6 is 0 Å². The molecule has 2 atom stereocenters. The molecule has 1 spiro atoms. The van der Waals surface area contributed by atoms with Crippen LogP contribution in [0.15, 0.2) is 34.4 Å². The summed E-state index contributed by atoms with van der Waals surface area (Å²) in [5.41, 5.74) is -1.81. The van der Waals surface area contributed by atoms with Crippen LogP contribution in [0, 0.1) is 0 Å². The first-order valence-electron chi connectivity index (χ1n) is 6.10. The minimum Gasteiger partial charge on any atom is -0.497 e. The summed E-state index contributed by atoms with van der Waals surface area (Å²) in [6.45, 7) is 0. The Balaban J connectivity index is 2.09. The van der Waals surface area contributed by atoms with Gasteiger partial charge in [0, 0.05) is 7.05 Å². The fourth-order valence-electron chi connectivity index (χ4n) is 2.60. The Morgan fingerprint density at radius 2 is 1.95 bits per heavy atom. The monoisotopic (exact) mass is 299 g/mol. The fourth-order valence-corrected chi connectivity index (χ4v) is 2.60. The van der Waals surface area contributed by atoms with E-state index in [-0.39, 0.29) is 11.3 Å². The Bertz CT molecular complexity index is 627. The molecule has 2 aliphatic heterocycles. The van der Waals surface area contributed by atoms with Crippen molar-refractivity contribution in [3.63, 3.8) is 0 Å². The zero-order chi connectivity index (χ0) is 15.3. The second kappa shape index (κ2) is 4.20. The van der Waals surface area contributed by atoms with Gasteiger partial charge in [-0.2, -0.15) is 18.3 Å². The summed E-state index contributed by atoms with van der Waals surface area (Å²) >= 11 is 0. The number of hydrazone groups is 1. The zero-order valence-electron chi connectivity index (χ0n) is 11.2. The van der Waals surface area contributed by atoms with Crippen LogP contribution in [0.4, 0.5) is 13.2 Å². The van der Waals surface area contributed by atoms with E-state index in [0.717, 1.165) is 0 Å². The van der Waals surface area contributed by atoms with Crippen molar-refractivity contribution < 1.29 is 22.6 Å². The maximum atomic E-state index is 13.7. The number of methoxy groups -OCH3 is 1. The van der Waals surface area contributed by atoms with Crippen molar-refractivity contribution in [2.45, 2.75) is 17.5 Å². The van der Waals surface area contributed by atoms with Crippen LogP contribution in [0.1, 0.15) is 5.56 Å². The Kier molecular flexibility index (Phi) is 2.78. The Labute approximate surface area is 118 Å². The summed E-state index contributed by atoms with van der Waals surface area (Å²) in [7, 11) is 2.84. The summed E-state index contributed by atoms with van der Waals surface area (Å²) in [4.78, 5) is 3.83. The maximum Gasteiger partial charge on any atom is 0.427 e. The molecule has 0 aliphatic carbocycles. The summed E-state index contributed by atoms with van der Waals surface area (Å²) < 4.78 is 51.1. The minimum atomic E-state index is -4.63. The molecule has 1 aromatic carbocycles. The summed E-state index contributed by atoms with van der Waals surface area (Å²) in [5, 5.41) is 3.66. The maximum absolute atomic E-state index is 13.7. The molecule has 0 bridgehead atoms. The van der Waals surface area contributed by atoms with Crippen molar-refractivity contribution in [2.75, 3.05) is 14.2 Å². The van der Waals surface area contributed by atoms with Gasteiger partial charge in [-0.25, -0.2) is 0 Å². The Hall–Kier alpha value is -2.09. The lowest BCUT2D eigenvalue weighted by atomic mass is 9.88. The predicted molar refractivity (Wildman–Crippen MR) is 69.5 cm³/mol. The van der Waals surface area contributed by atoms with E-state index >= 15 is 0 Å². The van der Waals surface area contributed by atoms with Gasteiger partial charge in [0.25, 0.3) is 0 Å². The largest absolute Gasteiger partial charge is 0.497 e. The first-order chi connectivity index (χ1) is 9.91. The third-order valence-corrected chi connectivity index (χ3v) is 3.67. The molecule has 0 radical (unpaired) electrons. The first kappa shape index (κ1) is 13.9. The van der Waals surface area contributed by atoms with E-state index in [4.69, 9.17) is 9.47 Å². The third-order valence-electron chi connectivity index (χ3n) is 3.67. The third kappa shape index (κ3) is 1.62. The van der Waals surface area contributed by atoms with E-state index in [2.05, 4.69) is 15.5 Å². The van der Waals surface area contributed by atoms with Gasteiger partial charge in [-0.1, -0.05) is 12.1 Å². The van der Waals surface area contributed by atoms with Crippen molar-refractivity contribution in [2.24, 2.45) is 10.1 Å². The van der Waals surface area contributed by atoms with Gasteiger partial charge in [0.05, 0.1) is 13.3 Å². The molecule has 1 N–H and O–H groups in total. The van der Waals surface area contributed by atoms with E-state index < -0.39 is 17.5 Å². The highest BCUT2D eigenvalue weighted by molar-refractivity contribution is 6.37. The van der Waals surface area contributed by atoms with Crippen LogP contribution in [0.2, 0.25) is 0 Å². The number of epoxide rings is 1. The highest BCUT2D eigenvalue weighted by Crippen LogP contribution is 2.64. The molecule has 5 nitrogen and oxygen atoms in total. The van der Waals surface area contributed by atoms with Gasteiger partial charge in [-0.15, -0.1) is 0 Å². The smallest absolute Gasteiger partial charge is 0.427 e. The topological polar surface area (TPSA) is 58.5 Å². The number of benzene rings is 1. The number of halogens is 3. The molecule has 8 heteroatoms. The van der Waals surface area contributed by atoms with Crippen molar-refractivity contribution in [3.8, 4) is 5.75 Å². The normalized spacial score (nSPS) is 32.5. The van der Waals surface area contributed by atoms with Crippen molar-refractivity contribution >= 4 is 11.9 Å². The molecule has 21 heavy (non-hydrogen) atoms. The zero-order valence-corrected chi connectivity index (χ0v) is 11.2. The average molecular weight is 299 g/mol. The summed E-state index contributed by atoms with van der Waals surface area (Å²) in [6.07, 6.45) is -3.39. The van der Waals surface area contributed by atoms with E-state index in [1.165, 1.54) is 44.6 Å². The standard InChI is InChI=1S/C13H12F3N3O2/c1-17-10-7-18-19-12(10)11(21-12,13(14,15)16)8-3-5-9(20-2)6-4-8/h3-7,19H,1-2H3. The molecule has 112 valence electrons. The number of ether oxygens (including phenoxy) is 2. The molecule has 2 heterocycles. The number of hydrogen-bond donors (Lipinski definition) is 1. The van der Waals surface area contributed by atoms with Gasteiger partial charge in [0.2, 0.25) is 11.3 Å². The lowest BCUT2D eigenvalue weighted by Gasteiger charge is -2.20. The highest BCUT2D eigenvalue weighted by Gasteiger charge is 2.87. The van der Waals surface area contributed by atoms with Crippen LogP contribution in [0.5, 0.6) is 5.75 Å². The lowest BCUT2D eigenvalue weighted by molar-refractivity contribution is -0.188. The van der Waals surface area contributed by atoms with E-state index in [9.17, 15) is 13.2 Å². The molecule has 1 fully saturated rings. The fraction of sp³-hybridized carbons (Fsp3) is 0.385. The van der Waals surface area contributed by atoms with Gasteiger partial charge >= 0.3 is 6.18 Å². The average Bonchev–Trinajstić information content (AvgIpc) is 2.97. The van der Waals surface area contributed by atoms with Gasteiger partial charge < -0.3 is 9.47 Å². The van der Waals surface area contributed by atoms with Gasteiger partial charge in [-0.3, -0.25) is 10.4 Å².